The van der Waals surface area contributed by atoms with Crippen LogP contribution in [0.2, 0.25) is 0 Å². The van der Waals surface area contributed by atoms with Crippen molar-refractivity contribution in [3.8, 4) is 0 Å². The van der Waals surface area contributed by atoms with Crippen LogP contribution in [-0.4, -0.2) is 16.8 Å². The van der Waals surface area contributed by atoms with Gasteiger partial charge in [0.25, 0.3) is 0 Å². The van der Waals surface area contributed by atoms with E-state index in [2.05, 4.69) is 5.10 Å². The van der Waals surface area contributed by atoms with Gasteiger partial charge in [0.15, 0.2) is 0 Å². The van der Waals surface area contributed by atoms with Gasteiger partial charge in [0.2, 0.25) is 0 Å². The highest BCUT2D eigenvalue weighted by molar-refractivity contribution is 6.08. The summed E-state index contributed by atoms with van der Waals surface area (Å²) in [4.78, 5) is 11.0. The van der Waals surface area contributed by atoms with Crippen LogP contribution in [0.15, 0.2) is 5.10 Å². The molecule has 2 aliphatic carbocycles. The van der Waals surface area contributed by atoms with Gasteiger partial charge in [-0.1, -0.05) is 0 Å². The van der Waals surface area contributed by atoms with Crippen LogP contribution in [0.25, 0.3) is 0 Å². The molecule has 66 valence electrons. The highest BCUT2D eigenvalue weighted by Gasteiger charge is 2.55. The van der Waals surface area contributed by atoms with Crippen molar-refractivity contribution in [1.29, 1.82) is 0 Å². The minimum Gasteiger partial charge on any atom is -0.481 e. The fraction of sp³-hybridized carbons (Fsp3) is 0.750. The minimum absolute atomic E-state index is 0.517. The first-order chi connectivity index (χ1) is 5.69. The molecule has 4 heteroatoms. The predicted molar refractivity (Wildman–Crippen MR) is 43.6 cm³/mol. The lowest BCUT2D eigenvalue weighted by Crippen LogP contribution is -2.35. The molecule has 2 fully saturated rings. The van der Waals surface area contributed by atoms with E-state index >= 15 is 0 Å². The quantitative estimate of drug-likeness (QED) is 0.444. The van der Waals surface area contributed by atoms with E-state index in [9.17, 15) is 4.79 Å². The number of fused-ring (bicyclic) bond motifs is 2. The zero-order valence-electron chi connectivity index (χ0n) is 6.79. The molecule has 0 aromatic rings. The van der Waals surface area contributed by atoms with Gasteiger partial charge < -0.3 is 10.9 Å². The molecule has 0 aromatic heterocycles. The number of carboxylic acid groups (broad SMARTS) is 1. The number of hydrazone groups is 1. The van der Waals surface area contributed by atoms with Gasteiger partial charge in [0.05, 0.1) is 5.71 Å². The Bertz CT molecular complexity index is 262. The fourth-order valence-electron chi connectivity index (χ4n) is 2.55. The van der Waals surface area contributed by atoms with Gasteiger partial charge in [0, 0.05) is 0 Å². The largest absolute Gasteiger partial charge is 0.481 e. The summed E-state index contributed by atoms with van der Waals surface area (Å²) in [6.07, 6.45) is 3.29. The van der Waals surface area contributed by atoms with E-state index in [4.69, 9.17) is 10.9 Å². The third-order valence-corrected chi connectivity index (χ3v) is 3.22. The average molecular weight is 168 g/mol. The summed E-state index contributed by atoms with van der Waals surface area (Å²) in [5, 5.41) is 12.7. The normalized spacial score (nSPS) is 42.3. The van der Waals surface area contributed by atoms with Crippen molar-refractivity contribution in [1.82, 2.24) is 0 Å². The van der Waals surface area contributed by atoms with Crippen molar-refractivity contribution in [2.24, 2.45) is 22.3 Å². The van der Waals surface area contributed by atoms with Crippen molar-refractivity contribution >= 4 is 11.7 Å². The second kappa shape index (κ2) is 2.21. The van der Waals surface area contributed by atoms with E-state index in [1.165, 1.54) is 0 Å². The number of carboxylic acids is 1. The van der Waals surface area contributed by atoms with Gasteiger partial charge in [-0.15, -0.1) is 0 Å². The lowest BCUT2D eigenvalue weighted by atomic mass is 9.82. The Hall–Kier alpha value is -1.06. The molecule has 0 aliphatic heterocycles. The van der Waals surface area contributed by atoms with Crippen molar-refractivity contribution in [3.05, 3.63) is 0 Å². The standard InChI is InChI=1S/C8H12N2O2/c9-10-6-3-5-1-2-8(6,4-5)7(11)12/h5H,1-4,9H2,(H,11,12)/b10-6-/t5-,8-/m1/s1. The van der Waals surface area contributed by atoms with Gasteiger partial charge in [-0.25, -0.2) is 0 Å². The number of aliphatic carboxylic acids is 1. The maximum atomic E-state index is 11.0. The molecule has 0 amide bonds. The zero-order valence-corrected chi connectivity index (χ0v) is 6.79. The number of hydrogen-bond acceptors (Lipinski definition) is 3. The molecule has 0 aromatic carbocycles. The van der Waals surface area contributed by atoms with Crippen LogP contribution >= 0.6 is 0 Å². The molecular weight excluding hydrogens is 156 g/mol. The maximum Gasteiger partial charge on any atom is 0.315 e. The summed E-state index contributed by atoms with van der Waals surface area (Å²) in [6.45, 7) is 0. The molecule has 2 saturated carbocycles. The van der Waals surface area contributed by atoms with E-state index in [0.717, 1.165) is 25.7 Å². The van der Waals surface area contributed by atoms with E-state index in [-0.39, 0.29) is 0 Å². The summed E-state index contributed by atoms with van der Waals surface area (Å²) >= 11 is 0. The Balaban J connectivity index is 2.39. The zero-order chi connectivity index (χ0) is 8.77. The van der Waals surface area contributed by atoms with Crippen LogP contribution in [0.4, 0.5) is 0 Å². The average Bonchev–Trinajstić information content (AvgIpc) is 2.60. The third kappa shape index (κ3) is 0.722. The Kier molecular flexibility index (Phi) is 1.40. The molecule has 4 nitrogen and oxygen atoms in total. The van der Waals surface area contributed by atoms with E-state index in [1.54, 1.807) is 0 Å². The van der Waals surface area contributed by atoms with Crippen LogP contribution in [0.1, 0.15) is 25.7 Å². The summed E-state index contributed by atoms with van der Waals surface area (Å²) in [6, 6.07) is 0. The van der Waals surface area contributed by atoms with Gasteiger partial charge >= 0.3 is 5.97 Å². The Morgan fingerprint density at radius 2 is 2.50 bits per heavy atom. The maximum absolute atomic E-state index is 11.0. The van der Waals surface area contributed by atoms with E-state index in [1.807, 2.05) is 0 Å². The third-order valence-electron chi connectivity index (χ3n) is 3.22. The Labute approximate surface area is 70.4 Å². The van der Waals surface area contributed by atoms with Crippen molar-refractivity contribution < 1.29 is 9.90 Å². The molecule has 3 N–H and O–H groups in total. The molecular formula is C8H12N2O2. The van der Waals surface area contributed by atoms with Crippen LogP contribution in [0, 0.1) is 11.3 Å². The van der Waals surface area contributed by atoms with Gasteiger partial charge in [-0.3, -0.25) is 4.79 Å². The summed E-state index contributed by atoms with van der Waals surface area (Å²) in [7, 11) is 0. The predicted octanol–water partition coefficient (Wildman–Crippen LogP) is 0.576. The van der Waals surface area contributed by atoms with Gasteiger partial charge in [0.1, 0.15) is 5.41 Å². The number of nitrogens with zero attached hydrogens (tertiary/aromatic N) is 1. The highest BCUT2D eigenvalue weighted by atomic mass is 16.4. The molecule has 0 heterocycles. The Morgan fingerprint density at radius 1 is 1.75 bits per heavy atom. The first-order valence-electron chi connectivity index (χ1n) is 4.19. The monoisotopic (exact) mass is 168 g/mol. The topological polar surface area (TPSA) is 75.7 Å². The second-order valence-electron chi connectivity index (χ2n) is 3.78. The minimum atomic E-state index is -0.744. The molecule has 0 radical (unpaired) electrons. The number of hydrogen-bond donors (Lipinski definition) is 2. The van der Waals surface area contributed by atoms with Gasteiger partial charge in [-0.2, -0.15) is 5.10 Å². The van der Waals surface area contributed by atoms with Crippen molar-refractivity contribution in [3.63, 3.8) is 0 Å². The lowest BCUT2D eigenvalue weighted by Gasteiger charge is -2.21. The van der Waals surface area contributed by atoms with E-state index in [0.29, 0.717) is 11.6 Å². The van der Waals surface area contributed by atoms with Crippen molar-refractivity contribution in [2.75, 3.05) is 0 Å². The van der Waals surface area contributed by atoms with Crippen molar-refractivity contribution in [2.45, 2.75) is 25.7 Å². The first kappa shape index (κ1) is 7.58. The van der Waals surface area contributed by atoms with Crippen LogP contribution in [0.3, 0.4) is 0 Å². The fourth-order valence-corrected chi connectivity index (χ4v) is 2.55. The van der Waals surface area contributed by atoms with E-state index < -0.39 is 11.4 Å². The summed E-state index contributed by atoms with van der Waals surface area (Å²) in [5.41, 5.74) is 0.0191. The highest BCUT2D eigenvalue weighted by Crippen LogP contribution is 2.52. The van der Waals surface area contributed by atoms with Gasteiger partial charge in [-0.05, 0) is 31.6 Å². The molecule has 2 aliphatic rings. The molecule has 2 atom stereocenters. The summed E-state index contributed by atoms with van der Waals surface area (Å²) in [5.74, 6) is 4.94. The second-order valence-corrected chi connectivity index (χ2v) is 3.78. The first-order valence-corrected chi connectivity index (χ1v) is 4.19. The molecule has 2 bridgehead atoms. The number of rotatable bonds is 1. The molecule has 0 unspecified atom stereocenters. The Morgan fingerprint density at radius 3 is 2.92 bits per heavy atom. The molecule has 0 spiro atoms. The smallest absolute Gasteiger partial charge is 0.315 e. The lowest BCUT2D eigenvalue weighted by molar-refractivity contribution is -0.144. The summed E-state index contributed by atoms with van der Waals surface area (Å²) < 4.78 is 0. The van der Waals surface area contributed by atoms with Crippen LogP contribution < -0.4 is 5.84 Å². The number of nitrogens with two attached hydrogens (primary N) is 1. The van der Waals surface area contributed by atoms with Crippen LogP contribution in [-0.2, 0) is 4.79 Å². The SMILES string of the molecule is N/N=C1/C[C@H]2CC[C@@]1(C(=O)O)C2. The number of carbonyl (C=O) groups is 1. The molecule has 0 saturated heterocycles. The van der Waals surface area contributed by atoms with Crippen LogP contribution in [0.5, 0.6) is 0 Å². The molecule has 12 heavy (non-hydrogen) atoms. The molecule has 2 rings (SSSR count).